The number of rotatable bonds is 6. The van der Waals surface area contributed by atoms with E-state index in [-0.39, 0.29) is 11.6 Å². The molecule has 0 N–H and O–H groups in total. The van der Waals surface area contributed by atoms with Crippen molar-refractivity contribution in [1.82, 2.24) is 0 Å². The summed E-state index contributed by atoms with van der Waals surface area (Å²) in [4.78, 5) is 27.0. The molecule has 3 nitrogen and oxygen atoms in total. The number of carbonyl (C=O) groups is 2. The van der Waals surface area contributed by atoms with Crippen LogP contribution in [0.25, 0.3) is 0 Å². The van der Waals surface area contributed by atoms with Gasteiger partial charge in [-0.1, -0.05) is 40.0 Å². The van der Waals surface area contributed by atoms with Crippen LogP contribution in [0, 0.1) is 41.5 Å². The van der Waals surface area contributed by atoms with Crippen molar-refractivity contribution in [1.29, 1.82) is 0 Å². The highest BCUT2D eigenvalue weighted by molar-refractivity contribution is 7.67. The summed E-state index contributed by atoms with van der Waals surface area (Å²) in [7, 11) is -2.67. The zero-order chi connectivity index (χ0) is 20.5. The van der Waals surface area contributed by atoms with Crippen molar-refractivity contribution in [3.63, 3.8) is 0 Å². The smallest absolute Gasteiger partial charge is 0.294 e. The Morgan fingerprint density at radius 3 is 1.30 bits per heavy atom. The van der Waals surface area contributed by atoms with Gasteiger partial charge in [-0.3, -0.25) is 9.59 Å². The highest BCUT2D eigenvalue weighted by Gasteiger charge is 2.42. The van der Waals surface area contributed by atoms with Gasteiger partial charge in [-0.25, -0.2) is 0 Å². The van der Waals surface area contributed by atoms with Gasteiger partial charge in [0.15, 0.2) is 11.6 Å². The minimum absolute atomic E-state index is 0.170. The van der Waals surface area contributed by atoms with Crippen LogP contribution in [0.2, 0.25) is 12.1 Å². The first-order chi connectivity index (χ1) is 12.6. The standard InChI is InChI=1S/C22H28O3PSi/c1-12-8-14(3)18(15(4)9-12)20(23)22(27(7)26-25)21(24)19-16(5)10-13(2)11-17(19)6/h8-11,22,26-27H,1-7H3/q+1. The van der Waals surface area contributed by atoms with E-state index in [2.05, 4.69) is 0 Å². The molecule has 0 radical (unpaired) electrons. The largest absolute Gasteiger partial charge is 0.338 e. The summed E-state index contributed by atoms with van der Waals surface area (Å²) in [5.74, 6) is -0.339. The zero-order valence-electron chi connectivity index (χ0n) is 17.2. The molecule has 0 amide bonds. The summed E-state index contributed by atoms with van der Waals surface area (Å²) >= 11 is 0. The Bertz CT molecular complexity index is 818. The Morgan fingerprint density at radius 1 is 0.741 bits per heavy atom. The van der Waals surface area contributed by atoms with E-state index in [1.807, 2.05) is 72.4 Å². The summed E-state index contributed by atoms with van der Waals surface area (Å²) < 4.78 is 11.8. The van der Waals surface area contributed by atoms with E-state index in [1.54, 1.807) is 0 Å². The molecule has 2 unspecified atom stereocenters. The van der Waals surface area contributed by atoms with Crippen molar-refractivity contribution in [2.45, 2.75) is 53.6 Å². The quantitative estimate of drug-likeness (QED) is 0.285. The van der Waals surface area contributed by atoms with E-state index >= 15 is 0 Å². The maximum Gasteiger partial charge on any atom is 0.338 e. The van der Waals surface area contributed by atoms with Crippen LogP contribution in [0.3, 0.4) is 0 Å². The van der Waals surface area contributed by atoms with E-state index in [4.69, 9.17) is 0 Å². The van der Waals surface area contributed by atoms with Gasteiger partial charge in [-0.2, -0.15) is 0 Å². The number of aryl methyl sites for hydroxylation is 6. The first kappa shape index (κ1) is 21.4. The van der Waals surface area contributed by atoms with Crippen molar-refractivity contribution in [3.05, 3.63) is 68.8 Å². The van der Waals surface area contributed by atoms with Crippen LogP contribution >= 0.6 is 8.01 Å². The molecule has 0 aliphatic rings. The molecule has 0 heterocycles. The molecule has 0 fully saturated rings. The average Bonchev–Trinajstić information content (AvgIpc) is 2.52. The summed E-state index contributed by atoms with van der Waals surface area (Å²) in [5, 5.41) is 0. The maximum atomic E-state index is 13.5. The summed E-state index contributed by atoms with van der Waals surface area (Å²) in [5.41, 5.74) is 6.10. The van der Waals surface area contributed by atoms with Crippen molar-refractivity contribution < 1.29 is 14.2 Å². The molecule has 0 saturated heterocycles. The highest BCUT2D eigenvalue weighted by Crippen LogP contribution is 2.33. The topological polar surface area (TPSA) is 51.2 Å². The molecule has 0 spiro atoms. The minimum Gasteiger partial charge on any atom is -0.294 e. The SMILES string of the molecule is Cc1cc(C)c(C(=O)C(C(=O)c2c(C)cc(C)cc2C)[SiH](C)[PH+]=O)c(C)c1. The third-order valence-corrected chi connectivity index (χ3v) is 9.19. The molecule has 2 atom stereocenters. The summed E-state index contributed by atoms with van der Waals surface area (Å²) in [6, 6.07) is 7.87. The van der Waals surface area contributed by atoms with Gasteiger partial charge in [0, 0.05) is 11.1 Å². The Hall–Kier alpha value is -1.90. The number of hydrogen-bond acceptors (Lipinski definition) is 3. The summed E-state index contributed by atoms with van der Waals surface area (Å²) in [6.45, 7) is 13.5. The lowest BCUT2D eigenvalue weighted by Gasteiger charge is -2.19. The van der Waals surface area contributed by atoms with Gasteiger partial charge in [-0.05, 0) is 70.3 Å². The monoisotopic (exact) mass is 399 g/mol. The van der Waals surface area contributed by atoms with Gasteiger partial charge >= 0.3 is 8.46 Å². The van der Waals surface area contributed by atoms with Crippen LogP contribution in [0.15, 0.2) is 24.3 Å². The molecule has 2 aromatic rings. The second kappa shape index (κ2) is 8.41. The van der Waals surface area contributed by atoms with Crippen molar-refractivity contribution >= 4 is 28.0 Å². The molecule has 5 heteroatoms. The van der Waals surface area contributed by atoms with Crippen LogP contribution in [-0.2, 0) is 4.57 Å². The fraction of sp³-hybridized carbons (Fsp3) is 0.364. The van der Waals surface area contributed by atoms with Gasteiger partial charge in [0.25, 0.3) is 8.01 Å². The fourth-order valence-electron chi connectivity index (χ4n) is 4.09. The van der Waals surface area contributed by atoms with Crippen molar-refractivity contribution in [2.24, 2.45) is 0 Å². The van der Waals surface area contributed by atoms with E-state index in [9.17, 15) is 14.2 Å². The predicted molar refractivity (Wildman–Crippen MR) is 116 cm³/mol. The third-order valence-electron chi connectivity index (χ3n) is 5.10. The Labute approximate surface area is 164 Å². The maximum absolute atomic E-state index is 13.5. The molecule has 0 aliphatic carbocycles. The molecule has 2 rings (SSSR count). The Balaban J connectivity index is 2.62. The number of ketones is 2. The van der Waals surface area contributed by atoms with Crippen LogP contribution in [0.1, 0.15) is 54.1 Å². The molecule has 0 aromatic heterocycles. The zero-order valence-corrected chi connectivity index (χ0v) is 19.3. The second-order valence-electron chi connectivity index (χ2n) is 7.66. The number of carbonyl (C=O) groups excluding carboxylic acids is 2. The second-order valence-corrected chi connectivity index (χ2v) is 13.6. The summed E-state index contributed by atoms with van der Waals surface area (Å²) in [6.07, 6.45) is 0. The van der Waals surface area contributed by atoms with E-state index < -0.39 is 22.0 Å². The van der Waals surface area contributed by atoms with E-state index in [0.717, 1.165) is 33.4 Å². The minimum atomic E-state index is -2.09. The highest BCUT2D eigenvalue weighted by atomic mass is 31.3. The molecule has 27 heavy (non-hydrogen) atoms. The van der Waals surface area contributed by atoms with E-state index in [0.29, 0.717) is 11.1 Å². The van der Waals surface area contributed by atoms with Gasteiger partial charge < -0.3 is 0 Å². The van der Waals surface area contributed by atoms with Crippen molar-refractivity contribution in [2.75, 3.05) is 0 Å². The third kappa shape index (κ3) is 4.34. The van der Waals surface area contributed by atoms with E-state index in [1.165, 1.54) is 0 Å². The predicted octanol–water partition coefficient (Wildman–Crippen LogP) is 5.35. The Morgan fingerprint density at radius 2 is 1.04 bits per heavy atom. The first-order valence-electron chi connectivity index (χ1n) is 9.20. The lowest BCUT2D eigenvalue weighted by molar-refractivity contribution is 0.0892. The van der Waals surface area contributed by atoms with Gasteiger partial charge in [0.1, 0.15) is 5.54 Å². The molecule has 0 aliphatic heterocycles. The van der Waals surface area contributed by atoms with Crippen LogP contribution < -0.4 is 0 Å². The van der Waals surface area contributed by atoms with Gasteiger partial charge in [0.2, 0.25) is 0 Å². The molecule has 0 bridgehead atoms. The molecular weight excluding hydrogens is 371 g/mol. The van der Waals surface area contributed by atoms with Crippen LogP contribution in [0.4, 0.5) is 0 Å². The van der Waals surface area contributed by atoms with Gasteiger partial charge in [0.05, 0.1) is 0 Å². The van der Waals surface area contributed by atoms with Crippen LogP contribution in [-0.4, -0.2) is 20.0 Å². The molecule has 2 aromatic carbocycles. The first-order valence-corrected chi connectivity index (χ1v) is 13.7. The number of Topliss-reactive ketones (excluding diaryl/α,β-unsaturated/α-hetero) is 2. The average molecular weight is 400 g/mol. The Kier molecular flexibility index (Phi) is 6.66. The number of benzene rings is 2. The lowest BCUT2D eigenvalue weighted by atomic mass is 9.90. The normalized spacial score (nSPS) is 12.4. The number of hydrogen-bond donors (Lipinski definition) is 0. The molecule has 142 valence electrons. The molecule has 0 saturated carbocycles. The fourth-order valence-corrected chi connectivity index (χ4v) is 6.78. The van der Waals surface area contributed by atoms with Crippen molar-refractivity contribution in [3.8, 4) is 0 Å². The van der Waals surface area contributed by atoms with Gasteiger partial charge in [-0.15, -0.1) is 0 Å². The van der Waals surface area contributed by atoms with Crippen LogP contribution in [0.5, 0.6) is 0 Å². The molecular formula is C22H28O3PSi+. The lowest BCUT2D eigenvalue weighted by Crippen LogP contribution is -2.30.